The first kappa shape index (κ1) is 22.8. The molecule has 1 N–H and O–H groups in total. The van der Waals surface area contributed by atoms with Gasteiger partial charge in [-0.25, -0.2) is 4.98 Å². The number of thioether (sulfide) groups is 1. The van der Waals surface area contributed by atoms with Gasteiger partial charge in [-0.15, -0.1) is 5.10 Å². The van der Waals surface area contributed by atoms with E-state index in [1.54, 1.807) is 0 Å². The van der Waals surface area contributed by atoms with Crippen LogP contribution in [0.2, 0.25) is 0 Å². The van der Waals surface area contributed by atoms with Gasteiger partial charge in [0.25, 0.3) is 5.56 Å². The minimum atomic E-state index is -0.113. The number of para-hydroxylation sites is 1. The summed E-state index contributed by atoms with van der Waals surface area (Å²) < 4.78 is 3.63. The first-order chi connectivity index (χ1) is 17.1. The highest BCUT2D eigenvalue weighted by atomic mass is 32.2. The minimum Gasteiger partial charge on any atom is -0.353 e. The topological polar surface area (TPSA) is 81.8 Å². The molecule has 2 saturated carbocycles. The highest BCUT2D eigenvalue weighted by Gasteiger charge is 2.42. The highest BCUT2D eigenvalue weighted by molar-refractivity contribution is 7.99. The number of amides is 1. The summed E-state index contributed by atoms with van der Waals surface area (Å²) in [5.74, 6) is 3.16. The van der Waals surface area contributed by atoms with E-state index < -0.39 is 0 Å². The van der Waals surface area contributed by atoms with E-state index in [0.717, 1.165) is 60.6 Å². The number of hydrogen-bond acceptors (Lipinski definition) is 5. The second-order valence-corrected chi connectivity index (χ2v) is 11.5. The number of hydrogen-bond donors (Lipinski definition) is 1. The Kier molecular flexibility index (Phi) is 6.16. The largest absolute Gasteiger partial charge is 0.353 e. The van der Waals surface area contributed by atoms with Crippen LogP contribution < -0.4 is 10.9 Å². The molecule has 1 aromatic carbocycles. The molecule has 0 spiro atoms. The van der Waals surface area contributed by atoms with Crippen molar-refractivity contribution in [1.29, 1.82) is 0 Å². The van der Waals surface area contributed by atoms with Gasteiger partial charge in [0, 0.05) is 18.3 Å². The second-order valence-electron chi connectivity index (χ2n) is 10.5. The summed E-state index contributed by atoms with van der Waals surface area (Å²) in [5.41, 5.74) is 2.26. The summed E-state index contributed by atoms with van der Waals surface area (Å²) in [4.78, 5) is 31.1. The third kappa shape index (κ3) is 4.30. The van der Waals surface area contributed by atoms with E-state index in [-0.39, 0.29) is 17.5 Å². The van der Waals surface area contributed by atoms with Crippen molar-refractivity contribution >= 4 is 17.7 Å². The summed E-state index contributed by atoms with van der Waals surface area (Å²) in [7, 11) is 0. The zero-order valence-electron chi connectivity index (χ0n) is 20.3. The van der Waals surface area contributed by atoms with Gasteiger partial charge in [0.1, 0.15) is 5.56 Å². The molecule has 8 heteroatoms. The van der Waals surface area contributed by atoms with Gasteiger partial charge in [-0.3, -0.25) is 9.59 Å². The van der Waals surface area contributed by atoms with Crippen molar-refractivity contribution in [1.82, 2.24) is 24.6 Å². The highest BCUT2D eigenvalue weighted by Crippen LogP contribution is 2.49. The van der Waals surface area contributed by atoms with E-state index >= 15 is 0 Å². The molecule has 3 heterocycles. The summed E-state index contributed by atoms with van der Waals surface area (Å²) in [6.07, 6.45) is 9.36. The summed E-state index contributed by atoms with van der Waals surface area (Å²) >= 11 is 1.47. The summed E-state index contributed by atoms with van der Waals surface area (Å²) in [6.45, 7) is 2.99. The van der Waals surface area contributed by atoms with Crippen LogP contribution in [-0.4, -0.2) is 37.0 Å². The van der Waals surface area contributed by atoms with Crippen LogP contribution in [0.15, 0.2) is 40.3 Å². The number of nitrogens with one attached hydrogen (secondary N) is 1. The fraction of sp³-hybridized carbons (Fsp3) is 0.556. The van der Waals surface area contributed by atoms with Gasteiger partial charge in [0.2, 0.25) is 5.91 Å². The Morgan fingerprint density at radius 3 is 2.80 bits per heavy atom. The van der Waals surface area contributed by atoms with E-state index in [1.807, 2.05) is 30.3 Å². The Morgan fingerprint density at radius 2 is 2.03 bits per heavy atom. The van der Waals surface area contributed by atoms with Gasteiger partial charge in [0.05, 0.1) is 11.4 Å². The summed E-state index contributed by atoms with van der Waals surface area (Å²) in [5, 5.41) is 8.66. The monoisotopic (exact) mass is 491 g/mol. The van der Waals surface area contributed by atoms with Crippen LogP contribution in [0.25, 0.3) is 17.1 Å². The van der Waals surface area contributed by atoms with Crippen LogP contribution >= 0.6 is 11.8 Å². The molecule has 7 nitrogen and oxygen atoms in total. The fourth-order valence-electron chi connectivity index (χ4n) is 6.65. The molecule has 1 aromatic rings. The Balaban J connectivity index is 1.25. The first-order valence-electron chi connectivity index (χ1n) is 13.1. The lowest BCUT2D eigenvalue weighted by molar-refractivity contribution is -0.119. The zero-order chi connectivity index (χ0) is 23.9. The molecule has 2 fully saturated rings. The minimum absolute atomic E-state index is 0.0643. The van der Waals surface area contributed by atoms with Gasteiger partial charge in [0.15, 0.2) is 11.0 Å². The van der Waals surface area contributed by atoms with Crippen LogP contribution in [0, 0.1) is 17.8 Å². The Hall–Kier alpha value is -2.61. The SMILES string of the molecule is C[C@H](NC(=O)CSc1nc2nn(-c3ccccc3)c(=O)c-2c2n1CCCCC2)[C@H]1C[C@H]2CC[C@H]1C2. The molecule has 0 unspecified atom stereocenters. The second kappa shape index (κ2) is 9.45. The predicted octanol–water partition coefficient (Wildman–Crippen LogP) is 4.29. The Labute approximate surface area is 210 Å². The van der Waals surface area contributed by atoms with E-state index in [4.69, 9.17) is 4.98 Å². The standard InChI is InChI=1S/C27H33N5O2S/c1-17(21-15-18-11-12-19(21)14-18)28-23(33)16-35-27-29-25-24(22-10-6-3-7-13-31(22)27)26(34)32(30-25)20-8-4-2-5-9-20/h2,4-5,8-9,17-19,21H,3,6-7,10-16H2,1H3,(H,28,33)/t17-,18-,19-,21+/m0/s1. The zero-order valence-corrected chi connectivity index (χ0v) is 21.1. The molecule has 6 rings (SSSR count). The molecular formula is C27H33N5O2S. The molecule has 2 aliphatic carbocycles. The molecule has 3 aliphatic heterocycles. The van der Waals surface area contributed by atoms with Crippen LogP contribution in [-0.2, 0) is 17.8 Å². The molecule has 2 bridgehead atoms. The maximum Gasteiger partial charge on any atom is 0.284 e. The first-order valence-corrected chi connectivity index (χ1v) is 14.1. The number of carbonyl (C=O) groups is 1. The van der Waals surface area contributed by atoms with E-state index in [0.29, 0.717) is 23.1 Å². The van der Waals surface area contributed by atoms with Gasteiger partial charge in [-0.1, -0.05) is 42.8 Å². The van der Waals surface area contributed by atoms with Gasteiger partial charge >= 0.3 is 0 Å². The number of nitrogens with zero attached hydrogens (tertiary/aromatic N) is 4. The van der Waals surface area contributed by atoms with E-state index in [1.165, 1.54) is 42.1 Å². The van der Waals surface area contributed by atoms with E-state index in [2.05, 4.69) is 21.9 Å². The smallest absolute Gasteiger partial charge is 0.284 e. The molecule has 35 heavy (non-hydrogen) atoms. The molecule has 0 aromatic heterocycles. The van der Waals surface area contributed by atoms with Gasteiger partial charge in [-0.2, -0.15) is 4.68 Å². The third-order valence-electron chi connectivity index (χ3n) is 8.32. The number of aromatic nitrogens is 4. The molecule has 0 saturated heterocycles. The lowest BCUT2D eigenvalue weighted by atomic mass is 9.84. The molecule has 5 aliphatic rings. The maximum absolute atomic E-state index is 13.4. The number of carbonyl (C=O) groups excluding carboxylic acids is 1. The molecular weight excluding hydrogens is 458 g/mol. The van der Waals surface area contributed by atoms with Crippen molar-refractivity contribution in [3.63, 3.8) is 0 Å². The van der Waals surface area contributed by atoms with Crippen LogP contribution in [0.4, 0.5) is 0 Å². The fourth-order valence-corrected chi connectivity index (χ4v) is 7.50. The predicted molar refractivity (Wildman–Crippen MR) is 137 cm³/mol. The molecule has 4 atom stereocenters. The van der Waals surface area contributed by atoms with Crippen molar-refractivity contribution in [3.8, 4) is 17.1 Å². The van der Waals surface area contributed by atoms with Crippen LogP contribution in [0.3, 0.4) is 0 Å². The van der Waals surface area contributed by atoms with Crippen LogP contribution in [0.1, 0.15) is 57.6 Å². The quantitative estimate of drug-likeness (QED) is 0.411. The number of rotatable bonds is 6. The van der Waals surface area contributed by atoms with E-state index in [9.17, 15) is 9.59 Å². The van der Waals surface area contributed by atoms with Crippen molar-refractivity contribution < 1.29 is 4.79 Å². The Bertz CT molecular complexity index is 1250. The number of fused-ring (bicyclic) bond motifs is 5. The average molecular weight is 492 g/mol. The van der Waals surface area contributed by atoms with Crippen molar-refractivity contribution in [2.75, 3.05) is 5.75 Å². The van der Waals surface area contributed by atoms with Gasteiger partial charge in [-0.05, 0) is 75.3 Å². The lowest BCUT2D eigenvalue weighted by Crippen LogP contribution is -2.41. The summed E-state index contributed by atoms with van der Waals surface area (Å²) in [6, 6.07) is 9.73. The maximum atomic E-state index is 13.4. The van der Waals surface area contributed by atoms with Crippen molar-refractivity contribution in [3.05, 3.63) is 46.4 Å². The lowest BCUT2D eigenvalue weighted by Gasteiger charge is -2.28. The van der Waals surface area contributed by atoms with Gasteiger partial charge < -0.3 is 9.88 Å². The molecule has 1 amide bonds. The van der Waals surface area contributed by atoms with Crippen molar-refractivity contribution in [2.45, 2.75) is 76.0 Å². The van der Waals surface area contributed by atoms with Crippen molar-refractivity contribution in [2.24, 2.45) is 17.8 Å². The average Bonchev–Trinajstić information content (AvgIpc) is 3.53. The normalized spacial score (nSPS) is 24.3. The molecule has 0 radical (unpaired) electrons. The Morgan fingerprint density at radius 1 is 1.17 bits per heavy atom. The third-order valence-corrected chi connectivity index (χ3v) is 9.30. The number of benzene rings is 1. The molecule has 184 valence electrons. The van der Waals surface area contributed by atoms with Crippen LogP contribution in [0.5, 0.6) is 0 Å².